The summed E-state index contributed by atoms with van der Waals surface area (Å²) in [5.41, 5.74) is 6.82. The number of urea groups is 1. The smallest absolute Gasteiger partial charge is 0.318 e. The predicted molar refractivity (Wildman–Crippen MR) is 184 cm³/mol. The summed E-state index contributed by atoms with van der Waals surface area (Å²) in [5.74, 6) is -0.152. The number of nitrogens with one attached hydrogen (secondary N) is 3. The molecule has 3 heterocycles. The fourth-order valence-corrected chi connectivity index (χ4v) is 6.61. The zero-order valence-electron chi connectivity index (χ0n) is 27.0. The molecular formula is C37H43N7O2. The Morgan fingerprint density at radius 3 is 2.48 bits per heavy atom. The van der Waals surface area contributed by atoms with E-state index in [4.69, 9.17) is 0 Å². The number of hydrogen-bond acceptors (Lipinski definition) is 4. The van der Waals surface area contributed by atoms with Crippen molar-refractivity contribution < 1.29 is 9.59 Å². The molecule has 0 unspecified atom stereocenters. The number of carbonyl (C=O) groups excluding carboxylic acids is 2. The van der Waals surface area contributed by atoms with Crippen LogP contribution in [0.3, 0.4) is 0 Å². The van der Waals surface area contributed by atoms with E-state index in [2.05, 4.69) is 55.9 Å². The second-order valence-corrected chi connectivity index (χ2v) is 12.7. The highest BCUT2D eigenvalue weighted by molar-refractivity contribution is 6.01. The van der Waals surface area contributed by atoms with E-state index in [-0.39, 0.29) is 17.9 Å². The number of H-pyrrole nitrogens is 1. The van der Waals surface area contributed by atoms with E-state index in [1.165, 1.54) is 5.56 Å². The van der Waals surface area contributed by atoms with Gasteiger partial charge in [0.05, 0.1) is 6.20 Å². The van der Waals surface area contributed by atoms with Crippen molar-refractivity contribution in [3.8, 4) is 11.1 Å². The van der Waals surface area contributed by atoms with Crippen LogP contribution in [0.1, 0.15) is 48.3 Å². The van der Waals surface area contributed by atoms with Crippen molar-refractivity contribution >= 4 is 28.5 Å². The number of aromatic amines is 1. The Morgan fingerprint density at radius 2 is 1.76 bits per heavy atom. The van der Waals surface area contributed by atoms with Gasteiger partial charge in [-0.15, -0.1) is 0 Å². The number of aryl methyl sites for hydroxylation is 1. The lowest BCUT2D eigenvalue weighted by Crippen LogP contribution is -2.53. The Kier molecular flexibility index (Phi) is 9.21. The zero-order valence-corrected chi connectivity index (χ0v) is 27.0. The van der Waals surface area contributed by atoms with Gasteiger partial charge in [-0.25, -0.2) is 4.79 Å². The van der Waals surface area contributed by atoms with Crippen molar-refractivity contribution in [2.24, 2.45) is 7.05 Å². The number of likely N-dealkylation sites (tertiary alicyclic amines) is 1. The number of anilines is 1. The lowest BCUT2D eigenvalue weighted by molar-refractivity contribution is -0.118. The van der Waals surface area contributed by atoms with Gasteiger partial charge in [-0.1, -0.05) is 67.6 Å². The number of para-hydroxylation sites is 1. The highest BCUT2D eigenvalue weighted by atomic mass is 16.2. The number of piperidine rings is 1. The van der Waals surface area contributed by atoms with E-state index in [0.717, 1.165) is 52.5 Å². The molecule has 1 fully saturated rings. The summed E-state index contributed by atoms with van der Waals surface area (Å²) < 4.78 is 1.75. The first kappa shape index (κ1) is 31.1. The molecule has 0 radical (unpaired) electrons. The van der Waals surface area contributed by atoms with Crippen LogP contribution in [0.4, 0.5) is 10.5 Å². The zero-order chi connectivity index (χ0) is 32.2. The highest BCUT2D eigenvalue weighted by Gasteiger charge is 2.33. The summed E-state index contributed by atoms with van der Waals surface area (Å²) in [6.07, 6.45) is 7.46. The molecule has 3 amide bonds. The quantitative estimate of drug-likeness (QED) is 0.180. The SMILES string of the molecule is C[C@@H](c1c[nH]c2ccccc12)[C@@H](NC(=O)N1CCC(c2ccccc2)CC1)C(=O)Nc1cc(CN(C)C)ccc1-c1cnn(C)c1. The van der Waals surface area contributed by atoms with E-state index >= 15 is 0 Å². The third-order valence-corrected chi connectivity index (χ3v) is 9.08. The predicted octanol–water partition coefficient (Wildman–Crippen LogP) is 6.33. The molecular weight excluding hydrogens is 574 g/mol. The lowest BCUT2D eigenvalue weighted by atomic mass is 9.89. The maximum absolute atomic E-state index is 14.4. The summed E-state index contributed by atoms with van der Waals surface area (Å²) in [5, 5.41) is 11.8. The fourth-order valence-electron chi connectivity index (χ4n) is 6.61. The number of nitrogens with zero attached hydrogens (tertiary/aromatic N) is 4. The molecule has 1 aliphatic rings. The molecule has 46 heavy (non-hydrogen) atoms. The Labute approximate surface area is 270 Å². The molecule has 0 saturated carbocycles. The first-order valence-corrected chi connectivity index (χ1v) is 16.0. The summed E-state index contributed by atoms with van der Waals surface area (Å²) >= 11 is 0. The van der Waals surface area contributed by atoms with Gasteiger partial charge in [0.25, 0.3) is 0 Å². The van der Waals surface area contributed by atoms with Gasteiger partial charge in [-0.2, -0.15) is 5.10 Å². The van der Waals surface area contributed by atoms with Gasteiger partial charge in [0.15, 0.2) is 0 Å². The topological polar surface area (TPSA) is 98.3 Å². The Bertz CT molecular complexity index is 1800. The molecule has 1 aliphatic heterocycles. The number of benzene rings is 3. The molecule has 9 nitrogen and oxygen atoms in total. The van der Waals surface area contributed by atoms with Crippen LogP contribution in [0.5, 0.6) is 0 Å². The fraction of sp³-hybridized carbons (Fsp3) is 0.324. The van der Waals surface area contributed by atoms with Crippen molar-refractivity contribution in [3.63, 3.8) is 0 Å². The van der Waals surface area contributed by atoms with Gasteiger partial charge in [-0.3, -0.25) is 9.48 Å². The van der Waals surface area contributed by atoms with Gasteiger partial charge in [-0.05, 0) is 61.7 Å². The minimum atomic E-state index is -0.821. The van der Waals surface area contributed by atoms with E-state index in [9.17, 15) is 9.59 Å². The molecule has 3 N–H and O–H groups in total. The second-order valence-electron chi connectivity index (χ2n) is 12.7. The minimum Gasteiger partial charge on any atom is -0.361 e. The largest absolute Gasteiger partial charge is 0.361 e. The Balaban J connectivity index is 1.28. The van der Waals surface area contributed by atoms with Crippen molar-refractivity contribution in [2.45, 2.75) is 44.2 Å². The van der Waals surface area contributed by atoms with Crippen LogP contribution in [0.25, 0.3) is 22.0 Å². The maximum Gasteiger partial charge on any atom is 0.318 e. The van der Waals surface area contributed by atoms with Crippen LogP contribution in [0.15, 0.2) is 91.4 Å². The second kappa shape index (κ2) is 13.6. The standard InChI is InChI=1S/C37H43N7O2/c1-25(32-22-38-33-13-9-8-12-31(32)33)35(41-37(46)44-18-16-28(17-19-44)27-10-6-5-7-11-27)36(45)40-34-20-26(23-42(2)3)14-15-30(34)29-21-39-43(4)24-29/h5-15,20-22,24-25,28,35,38H,16-19,23H2,1-4H3,(H,40,45)(H,41,46)/t25-,35+/m0/s1. The molecule has 2 atom stereocenters. The molecule has 238 valence electrons. The van der Waals surface area contributed by atoms with Crippen molar-refractivity contribution in [1.82, 2.24) is 29.9 Å². The Hall–Kier alpha value is -4.89. The van der Waals surface area contributed by atoms with Crippen LogP contribution in [0.2, 0.25) is 0 Å². The molecule has 9 heteroatoms. The average molecular weight is 618 g/mol. The van der Waals surface area contributed by atoms with E-state index in [1.807, 2.05) is 87.8 Å². The average Bonchev–Trinajstić information content (AvgIpc) is 3.70. The van der Waals surface area contributed by atoms with Gasteiger partial charge in [0.1, 0.15) is 6.04 Å². The number of carbonyl (C=O) groups is 2. The summed E-state index contributed by atoms with van der Waals surface area (Å²) in [7, 11) is 5.91. The van der Waals surface area contributed by atoms with E-state index < -0.39 is 6.04 Å². The van der Waals surface area contributed by atoms with Gasteiger partial charge >= 0.3 is 6.03 Å². The van der Waals surface area contributed by atoms with Gasteiger partial charge < -0.3 is 25.4 Å². The molecule has 0 bridgehead atoms. The number of rotatable bonds is 9. The summed E-state index contributed by atoms with van der Waals surface area (Å²) in [4.78, 5) is 35.5. The summed E-state index contributed by atoms with van der Waals surface area (Å²) in [6, 6.07) is 23.6. The molecule has 5 aromatic rings. The minimum absolute atomic E-state index is 0.216. The van der Waals surface area contributed by atoms with E-state index in [1.54, 1.807) is 10.9 Å². The number of fused-ring (bicyclic) bond motifs is 1. The number of aromatic nitrogens is 3. The number of amides is 3. The van der Waals surface area contributed by atoms with Crippen LogP contribution < -0.4 is 10.6 Å². The normalized spacial score (nSPS) is 15.2. The number of hydrogen-bond donors (Lipinski definition) is 3. The van der Waals surface area contributed by atoms with Crippen LogP contribution >= 0.6 is 0 Å². The molecule has 0 aliphatic carbocycles. The maximum atomic E-state index is 14.4. The Morgan fingerprint density at radius 1 is 1.02 bits per heavy atom. The van der Waals surface area contributed by atoms with Crippen molar-refractivity contribution in [2.75, 3.05) is 32.5 Å². The third kappa shape index (κ3) is 6.84. The van der Waals surface area contributed by atoms with Gasteiger partial charge in [0, 0.05) is 72.7 Å². The molecule has 6 rings (SSSR count). The molecule has 2 aromatic heterocycles. The summed E-state index contributed by atoms with van der Waals surface area (Å²) in [6.45, 7) is 4.01. The van der Waals surface area contributed by atoms with E-state index in [0.29, 0.717) is 24.7 Å². The first-order valence-electron chi connectivity index (χ1n) is 16.0. The van der Waals surface area contributed by atoms with Crippen molar-refractivity contribution in [1.29, 1.82) is 0 Å². The van der Waals surface area contributed by atoms with Crippen LogP contribution in [-0.4, -0.2) is 69.7 Å². The first-order chi connectivity index (χ1) is 22.3. The molecule has 3 aromatic carbocycles. The lowest BCUT2D eigenvalue weighted by Gasteiger charge is -2.34. The van der Waals surface area contributed by atoms with Crippen LogP contribution in [0, 0.1) is 0 Å². The highest BCUT2D eigenvalue weighted by Crippen LogP contribution is 2.33. The van der Waals surface area contributed by atoms with Crippen molar-refractivity contribution in [3.05, 3.63) is 108 Å². The monoisotopic (exact) mass is 617 g/mol. The molecule has 0 spiro atoms. The third-order valence-electron chi connectivity index (χ3n) is 9.08. The van der Waals surface area contributed by atoms with Crippen LogP contribution in [-0.2, 0) is 18.4 Å². The molecule has 1 saturated heterocycles. The van der Waals surface area contributed by atoms with Gasteiger partial charge in [0.2, 0.25) is 5.91 Å².